The topological polar surface area (TPSA) is 68.1 Å². The second kappa shape index (κ2) is 9.02. The number of hydrogen-bond donors (Lipinski definition) is 0. The molecule has 0 amide bonds. The summed E-state index contributed by atoms with van der Waals surface area (Å²) in [5.41, 5.74) is 6.75. The van der Waals surface area contributed by atoms with Crippen LogP contribution in [0.25, 0.3) is 55.0 Å². The molecule has 8 aromatic rings. The van der Waals surface area contributed by atoms with Crippen LogP contribution >= 0.6 is 0 Å². The van der Waals surface area contributed by atoms with E-state index in [1.807, 2.05) is 109 Å². The summed E-state index contributed by atoms with van der Waals surface area (Å²) in [6.45, 7) is 0. The fourth-order valence-corrected chi connectivity index (χ4v) is 8.21. The maximum atomic E-state index is 14.7. The van der Waals surface area contributed by atoms with Gasteiger partial charge in [-0.15, -0.1) is 0 Å². The number of para-hydroxylation sites is 2. The molecule has 6 aromatic carbocycles. The minimum atomic E-state index is -2.97. The molecular weight excluding hydrogens is 552 g/mol. The van der Waals surface area contributed by atoms with Crippen molar-refractivity contribution in [2.45, 2.75) is 9.79 Å². The Morgan fingerprint density at radius 1 is 0.535 bits per heavy atom. The van der Waals surface area contributed by atoms with Gasteiger partial charge in [0.25, 0.3) is 0 Å². The van der Waals surface area contributed by atoms with E-state index in [9.17, 15) is 4.21 Å². The van der Waals surface area contributed by atoms with Gasteiger partial charge in [-0.1, -0.05) is 78.9 Å². The van der Waals surface area contributed by atoms with E-state index in [0.717, 1.165) is 60.6 Å². The number of furan rings is 2. The molecule has 1 aliphatic heterocycles. The van der Waals surface area contributed by atoms with Crippen LogP contribution < -0.4 is 0 Å². The first-order chi connectivity index (χ1) is 21.2. The molecule has 1 aliphatic rings. The third-order valence-corrected chi connectivity index (χ3v) is 10.4. The highest BCUT2D eigenvalue weighted by Crippen LogP contribution is 2.41. The molecule has 1 unspecified atom stereocenters. The number of nitrogens with zero attached hydrogens (tertiary/aromatic N) is 2. The smallest absolute Gasteiger partial charge is 0.170 e. The number of fused-ring (bicyclic) bond motifs is 7. The summed E-state index contributed by atoms with van der Waals surface area (Å²) in [7, 11) is -2.97. The third-order valence-electron chi connectivity index (χ3n) is 8.12. The SMILES string of the molecule is O=S1(c2ccccc2)=NC(c2cccc3oc4ccc(-c5cccc6oc7ccccc7c56)cc4c23)=Nc2ccccc21. The molecule has 0 fully saturated rings. The predicted molar refractivity (Wildman–Crippen MR) is 173 cm³/mol. The minimum absolute atomic E-state index is 0.425. The molecule has 5 nitrogen and oxygen atoms in total. The molecule has 9 rings (SSSR count). The average molecular weight is 575 g/mol. The summed E-state index contributed by atoms with van der Waals surface area (Å²) in [5.74, 6) is 0.425. The lowest BCUT2D eigenvalue weighted by atomic mass is 9.97. The maximum Gasteiger partial charge on any atom is 0.170 e. The van der Waals surface area contributed by atoms with E-state index in [4.69, 9.17) is 18.2 Å². The van der Waals surface area contributed by atoms with Crippen molar-refractivity contribution in [3.05, 3.63) is 139 Å². The quantitative estimate of drug-likeness (QED) is 0.211. The second-order valence-electron chi connectivity index (χ2n) is 10.6. The first-order valence-corrected chi connectivity index (χ1v) is 15.6. The predicted octanol–water partition coefficient (Wildman–Crippen LogP) is 10.1. The molecule has 6 heteroatoms. The van der Waals surface area contributed by atoms with E-state index < -0.39 is 9.73 Å². The van der Waals surface area contributed by atoms with Gasteiger partial charge in [0.05, 0.1) is 15.5 Å². The normalized spacial score (nSPS) is 16.4. The molecule has 0 bridgehead atoms. The summed E-state index contributed by atoms with van der Waals surface area (Å²) >= 11 is 0. The average Bonchev–Trinajstić information content (AvgIpc) is 3.63. The van der Waals surface area contributed by atoms with Crippen molar-refractivity contribution >= 4 is 65.1 Å². The highest BCUT2D eigenvalue weighted by atomic mass is 32.2. The summed E-state index contributed by atoms with van der Waals surface area (Å²) in [4.78, 5) is 6.22. The number of amidine groups is 1. The van der Waals surface area contributed by atoms with E-state index in [1.165, 1.54) is 0 Å². The van der Waals surface area contributed by atoms with E-state index in [0.29, 0.717) is 21.3 Å². The highest BCUT2D eigenvalue weighted by molar-refractivity contribution is 7.94. The molecule has 0 N–H and O–H groups in total. The molecule has 3 heterocycles. The molecule has 0 aliphatic carbocycles. The standard InChI is InChI=1S/C37H22N2O3S/c40-43(24-10-2-1-3-11-24)34-19-7-5-15-29(34)38-37(39-43)27-14-9-18-33-36(27)28-22-23(20-21-31(28)42-33)25-13-8-17-32-35(25)26-12-4-6-16-30(26)41-32/h1-22H. The van der Waals surface area contributed by atoms with Crippen molar-refractivity contribution in [2.24, 2.45) is 9.36 Å². The van der Waals surface area contributed by atoms with Gasteiger partial charge in [-0.25, -0.2) is 9.20 Å². The lowest BCUT2D eigenvalue weighted by Crippen LogP contribution is -2.12. The number of hydrogen-bond acceptors (Lipinski definition) is 5. The van der Waals surface area contributed by atoms with Crippen molar-refractivity contribution in [3.8, 4) is 11.1 Å². The van der Waals surface area contributed by atoms with Crippen molar-refractivity contribution in [3.63, 3.8) is 0 Å². The Hall–Kier alpha value is -5.46. The third kappa shape index (κ3) is 3.57. The van der Waals surface area contributed by atoms with Crippen LogP contribution in [0.15, 0.2) is 161 Å². The minimum Gasteiger partial charge on any atom is -0.456 e. The maximum absolute atomic E-state index is 14.7. The summed E-state index contributed by atoms with van der Waals surface area (Å²) in [6, 6.07) is 43.4. The monoisotopic (exact) mass is 574 g/mol. The Bertz CT molecular complexity index is 2570. The molecule has 0 radical (unpaired) electrons. The zero-order chi connectivity index (χ0) is 28.5. The highest BCUT2D eigenvalue weighted by Gasteiger charge is 2.27. The van der Waals surface area contributed by atoms with Crippen LogP contribution in [0, 0.1) is 0 Å². The lowest BCUT2D eigenvalue weighted by molar-refractivity contribution is 0.668. The fourth-order valence-electron chi connectivity index (χ4n) is 6.18. The number of rotatable bonds is 3. The van der Waals surface area contributed by atoms with Gasteiger partial charge in [-0.2, -0.15) is 4.36 Å². The van der Waals surface area contributed by atoms with Crippen molar-refractivity contribution in [1.82, 2.24) is 0 Å². The Morgan fingerprint density at radius 3 is 2.02 bits per heavy atom. The molecule has 0 saturated carbocycles. The van der Waals surface area contributed by atoms with Gasteiger partial charge in [-0.3, -0.25) is 0 Å². The lowest BCUT2D eigenvalue weighted by Gasteiger charge is -2.18. The molecule has 1 atom stereocenters. The van der Waals surface area contributed by atoms with Gasteiger partial charge in [-0.05, 0) is 65.7 Å². The van der Waals surface area contributed by atoms with Crippen molar-refractivity contribution in [2.75, 3.05) is 0 Å². The zero-order valence-corrected chi connectivity index (χ0v) is 23.5. The molecule has 204 valence electrons. The largest absolute Gasteiger partial charge is 0.456 e. The molecular formula is C37H22N2O3S. The molecule has 43 heavy (non-hydrogen) atoms. The van der Waals surface area contributed by atoms with Crippen LogP contribution in [-0.4, -0.2) is 10.0 Å². The van der Waals surface area contributed by atoms with Gasteiger partial charge in [0.2, 0.25) is 0 Å². The fraction of sp³-hybridized carbons (Fsp3) is 0. The van der Waals surface area contributed by atoms with Gasteiger partial charge in [0.15, 0.2) is 5.84 Å². The second-order valence-corrected chi connectivity index (χ2v) is 12.7. The summed E-state index contributed by atoms with van der Waals surface area (Å²) < 4.78 is 32.1. The van der Waals surface area contributed by atoms with E-state index in [-0.39, 0.29) is 0 Å². The Kier molecular flexibility index (Phi) is 5.07. The Balaban J connectivity index is 1.31. The number of aliphatic imine (C=N–C) groups is 1. The van der Waals surface area contributed by atoms with Gasteiger partial charge in [0.1, 0.15) is 32.1 Å². The van der Waals surface area contributed by atoms with Crippen LogP contribution in [0.4, 0.5) is 5.69 Å². The van der Waals surface area contributed by atoms with Crippen LogP contribution in [-0.2, 0) is 9.73 Å². The van der Waals surface area contributed by atoms with Gasteiger partial charge >= 0.3 is 0 Å². The summed E-state index contributed by atoms with van der Waals surface area (Å²) in [6.07, 6.45) is 0. The van der Waals surface area contributed by atoms with Gasteiger partial charge < -0.3 is 8.83 Å². The van der Waals surface area contributed by atoms with Crippen molar-refractivity contribution in [1.29, 1.82) is 0 Å². The Morgan fingerprint density at radius 2 is 1.19 bits per heavy atom. The van der Waals surface area contributed by atoms with E-state index >= 15 is 0 Å². The molecule has 2 aromatic heterocycles. The van der Waals surface area contributed by atoms with Gasteiger partial charge in [0, 0.05) is 27.1 Å². The van der Waals surface area contributed by atoms with Crippen LogP contribution in [0.2, 0.25) is 0 Å². The van der Waals surface area contributed by atoms with Crippen molar-refractivity contribution < 1.29 is 13.0 Å². The van der Waals surface area contributed by atoms with Crippen LogP contribution in [0.5, 0.6) is 0 Å². The molecule has 0 spiro atoms. The summed E-state index contributed by atoms with van der Waals surface area (Å²) in [5, 5.41) is 3.99. The van der Waals surface area contributed by atoms with Crippen LogP contribution in [0.1, 0.15) is 5.56 Å². The molecule has 0 saturated heterocycles. The Labute approximate surface area is 246 Å². The first kappa shape index (κ1) is 24.2. The zero-order valence-electron chi connectivity index (χ0n) is 22.7. The number of benzene rings is 6. The first-order valence-electron chi connectivity index (χ1n) is 14.0. The van der Waals surface area contributed by atoms with Crippen LogP contribution in [0.3, 0.4) is 0 Å². The van der Waals surface area contributed by atoms with E-state index in [2.05, 4.69) is 24.3 Å². The van der Waals surface area contributed by atoms with E-state index in [1.54, 1.807) is 0 Å².